The number of ether oxygens (including phenoxy) is 1. The zero-order chi connectivity index (χ0) is 10.5. The van der Waals surface area contributed by atoms with Gasteiger partial charge in [0.15, 0.2) is 5.76 Å². The molecule has 0 fully saturated rings. The molecule has 0 amide bonds. The zero-order valence-electron chi connectivity index (χ0n) is 8.09. The molecule has 0 spiro atoms. The van der Waals surface area contributed by atoms with Crippen molar-refractivity contribution in [1.82, 2.24) is 10.1 Å². The van der Waals surface area contributed by atoms with Gasteiger partial charge in [-0.05, 0) is 17.3 Å². The van der Waals surface area contributed by atoms with Crippen molar-refractivity contribution in [3.8, 4) is 17.2 Å². The maximum Gasteiger partial charge on any atom is 0.254 e. The molecule has 15 heavy (non-hydrogen) atoms. The molecule has 5 heteroatoms. The van der Waals surface area contributed by atoms with Crippen molar-refractivity contribution in [2.45, 2.75) is 0 Å². The van der Waals surface area contributed by atoms with E-state index in [1.165, 1.54) is 0 Å². The summed E-state index contributed by atoms with van der Waals surface area (Å²) in [4.78, 5) is 3.98. The average Bonchev–Trinajstić information content (AvgIpc) is 2.76. The first-order valence-corrected chi connectivity index (χ1v) is 4.60. The summed E-state index contributed by atoms with van der Waals surface area (Å²) in [7, 11) is 0. The summed E-state index contributed by atoms with van der Waals surface area (Å²) < 4.78 is 10.3. The normalized spacial score (nSPS) is 10.2. The topological polar surface area (TPSA) is 74.2 Å². The van der Waals surface area contributed by atoms with Crippen molar-refractivity contribution >= 4 is 0 Å². The lowest BCUT2D eigenvalue weighted by atomic mass is 10.2. The van der Waals surface area contributed by atoms with E-state index >= 15 is 0 Å². The van der Waals surface area contributed by atoms with Crippen LogP contribution in [0.5, 0.6) is 5.88 Å². The maximum atomic E-state index is 5.30. The predicted octanol–water partition coefficient (Wildman–Crippen LogP) is 1.07. The molecule has 0 saturated heterocycles. The van der Waals surface area contributed by atoms with Crippen LogP contribution in [0.2, 0.25) is 0 Å². The van der Waals surface area contributed by atoms with Crippen LogP contribution in [-0.2, 0) is 0 Å². The number of nitrogens with zero attached hydrogens (tertiary/aromatic N) is 2. The average molecular weight is 205 g/mol. The second-order valence-corrected chi connectivity index (χ2v) is 2.91. The van der Waals surface area contributed by atoms with E-state index in [2.05, 4.69) is 10.1 Å². The predicted molar refractivity (Wildman–Crippen MR) is 54.3 cm³/mol. The second-order valence-electron chi connectivity index (χ2n) is 2.91. The van der Waals surface area contributed by atoms with Crippen molar-refractivity contribution in [3.63, 3.8) is 0 Å². The minimum Gasteiger partial charge on any atom is -0.474 e. The number of nitrogens with two attached hydrogens (primary N) is 1. The van der Waals surface area contributed by atoms with Gasteiger partial charge in [0, 0.05) is 30.6 Å². The second kappa shape index (κ2) is 4.56. The van der Waals surface area contributed by atoms with E-state index in [0.29, 0.717) is 24.8 Å². The Bertz CT molecular complexity index is 414. The zero-order valence-corrected chi connectivity index (χ0v) is 8.09. The minimum absolute atomic E-state index is 0.430. The molecule has 0 unspecified atom stereocenters. The Morgan fingerprint density at radius 3 is 3.13 bits per heavy atom. The molecule has 0 saturated carbocycles. The van der Waals surface area contributed by atoms with Gasteiger partial charge >= 0.3 is 0 Å². The summed E-state index contributed by atoms with van der Waals surface area (Å²) in [5.74, 6) is 1.08. The van der Waals surface area contributed by atoms with Crippen molar-refractivity contribution in [1.29, 1.82) is 0 Å². The van der Waals surface area contributed by atoms with Crippen LogP contribution < -0.4 is 10.5 Å². The smallest absolute Gasteiger partial charge is 0.254 e. The summed E-state index contributed by atoms with van der Waals surface area (Å²) in [5.41, 5.74) is 6.17. The van der Waals surface area contributed by atoms with Crippen LogP contribution in [0.1, 0.15) is 0 Å². The molecule has 5 nitrogen and oxygen atoms in total. The van der Waals surface area contributed by atoms with E-state index < -0.39 is 0 Å². The SMILES string of the molecule is NCCOc1cc(-c2cccnc2)on1. The van der Waals surface area contributed by atoms with Crippen LogP contribution in [-0.4, -0.2) is 23.3 Å². The Kier molecular flexibility index (Phi) is 2.94. The van der Waals surface area contributed by atoms with Gasteiger partial charge in [-0.3, -0.25) is 4.98 Å². The molecule has 0 aliphatic carbocycles. The molecule has 2 rings (SSSR count). The lowest BCUT2D eigenvalue weighted by molar-refractivity contribution is 0.288. The molecule has 0 radical (unpaired) electrons. The third-order valence-electron chi connectivity index (χ3n) is 1.80. The Balaban J connectivity index is 2.14. The molecule has 2 aromatic heterocycles. The lowest BCUT2D eigenvalue weighted by Crippen LogP contribution is -2.10. The highest BCUT2D eigenvalue weighted by atomic mass is 16.5. The van der Waals surface area contributed by atoms with Crippen LogP contribution in [0, 0.1) is 0 Å². The molecule has 0 aromatic carbocycles. The van der Waals surface area contributed by atoms with E-state index in [1.807, 2.05) is 12.1 Å². The van der Waals surface area contributed by atoms with Gasteiger partial charge < -0.3 is 15.0 Å². The van der Waals surface area contributed by atoms with Gasteiger partial charge in [-0.15, -0.1) is 0 Å². The molecule has 0 aliphatic heterocycles. The van der Waals surface area contributed by atoms with E-state index in [4.69, 9.17) is 15.0 Å². The minimum atomic E-state index is 0.430. The highest BCUT2D eigenvalue weighted by Crippen LogP contribution is 2.22. The quantitative estimate of drug-likeness (QED) is 0.808. The summed E-state index contributed by atoms with van der Waals surface area (Å²) in [6.45, 7) is 0.883. The summed E-state index contributed by atoms with van der Waals surface area (Å²) in [6.07, 6.45) is 3.40. The van der Waals surface area contributed by atoms with E-state index in [9.17, 15) is 0 Å². The molecule has 2 heterocycles. The number of rotatable bonds is 4. The first-order valence-electron chi connectivity index (χ1n) is 4.60. The molecule has 0 atom stereocenters. The molecular formula is C10H11N3O2. The fourth-order valence-corrected chi connectivity index (χ4v) is 1.14. The van der Waals surface area contributed by atoms with E-state index in [1.54, 1.807) is 18.5 Å². The lowest BCUT2D eigenvalue weighted by Gasteiger charge is -1.95. The van der Waals surface area contributed by atoms with Crippen molar-refractivity contribution in [3.05, 3.63) is 30.6 Å². The van der Waals surface area contributed by atoms with E-state index in [0.717, 1.165) is 5.56 Å². The van der Waals surface area contributed by atoms with Gasteiger partial charge in [0.05, 0.1) is 0 Å². The maximum absolute atomic E-state index is 5.30. The van der Waals surface area contributed by atoms with Crippen LogP contribution >= 0.6 is 0 Å². The monoisotopic (exact) mass is 205 g/mol. The molecule has 0 bridgehead atoms. The molecule has 2 N–H and O–H groups in total. The third kappa shape index (κ3) is 2.32. The fourth-order valence-electron chi connectivity index (χ4n) is 1.14. The molecule has 2 aromatic rings. The van der Waals surface area contributed by atoms with Crippen molar-refractivity contribution in [2.75, 3.05) is 13.2 Å². The van der Waals surface area contributed by atoms with Gasteiger partial charge in [0.25, 0.3) is 5.88 Å². The third-order valence-corrected chi connectivity index (χ3v) is 1.80. The highest BCUT2D eigenvalue weighted by molar-refractivity contribution is 5.56. The Morgan fingerprint density at radius 2 is 2.40 bits per heavy atom. The van der Waals surface area contributed by atoms with Gasteiger partial charge in [-0.2, -0.15) is 0 Å². The van der Waals surface area contributed by atoms with Crippen molar-refractivity contribution in [2.24, 2.45) is 5.73 Å². The standard InChI is InChI=1S/C10H11N3O2/c11-3-5-14-10-6-9(15-13-10)8-2-1-4-12-7-8/h1-2,4,6-7H,3,5,11H2. The van der Waals surface area contributed by atoms with E-state index in [-0.39, 0.29) is 0 Å². The van der Waals surface area contributed by atoms with Gasteiger partial charge in [-0.25, -0.2) is 0 Å². The number of hydrogen-bond donors (Lipinski definition) is 1. The Hall–Kier alpha value is -1.88. The first kappa shape index (κ1) is 9.67. The van der Waals surface area contributed by atoms with Crippen molar-refractivity contribution < 1.29 is 9.26 Å². The fraction of sp³-hybridized carbons (Fsp3) is 0.200. The van der Waals surface area contributed by atoms with Gasteiger partial charge in [0.2, 0.25) is 0 Å². The number of pyridine rings is 1. The molecular weight excluding hydrogens is 194 g/mol. The molecule has 0 aliphatic rings. The highest BCUT2D eigenvalue weighted by Gasteiger charge is 2.06. The Morgan fingerprint density at radius 1 is 1.47 bits per heavy atom. The number of aromatic nitrogens is 2. The van der Waals surface area contributed by atoms with Gasteiger partial charge in [-0.1, -0.05) is 0 Å². The number of hydrogen-bond acceptors (Lipinski definition) is 5. The van der Waals surface area contributed by atoms with Crippen LogP contribution in [0.25, 0.3) is 11.3 Å². The van der Waals surface area contributed by atoms with Gasteiger partial charge in [0.1, 0.15) is 6.61 Å². The summed E-state index contributed by atoms with van der Waals surface area (Å²) >= 11 is 0. The molecule has 78 valence electrons. The largest absolute Gasteiger partial charge is 0.474 e. The summed E-state index contributed by atoms with van der Waals surface area (Å²) in [6, 6.07) is 5.44. The van der Waals surface area contributed by atoms with Crippen LogP contribution in [0.3, 0.4) is 0 Å². The van der Waals surface area contributed by atoms with Crippen LogP contribution in [0.15, 0.2) is 35.1 Å². The Labute approximate surface area is 86.9 Å². The van der Waals surface area contributed by atoms with Crippen LogP contribution in [0.4, 0.5) is 0 Å². The first-order chi connectivity index (χ1) is 7.40. The summed E-state index contributed by atoms with van der Waals surface area (Å²) in [5, 5.41) is 3.75.